The topological polar surface area (TPSA) is 58.6 Å². The Morgan fingerprint density at radius 3 is 2.89 bits per heavy atom. The van der Waals surface area contributed by atoms with Crippen LogP contribution in [0.1, 0.15) is 12.8 Å². The molecule has 0 aromatic rings. The molecule has 2 atom stereocenters. The molecule has 1 N–H and O–H groups in total. The Labute approximate surface area is 105 Å². The van der Waals surface area contributed by atoms with Crippen LogP contribution in [0.15, 0.2) is 23.3 Å². The molecule has 0 aromatic carbocycles. The van der Waals surface area contributed by atoms with Crippen LogP contribution in [0, 0.1) is 0 Å². The molecule has 2 amide bonds. The van der Waals surface area contributed by atoms with Gasteiger partial charge in [0.05, 0.1) is 12.1 Å². The lowest BCUT2D eigenvalue weighted by atomic mass is 10.00. The third kappa shape index (κ3) is 1.54. The molecule has 5 nitrogen and oxygen atoms in total. The maximum Gasteiger partial charge on any atom is 0.261 e. The zero-order valence-electron chi connectivity index (χ0n) is 10.3. The van der Waals surface area contributed by atoms with Crippen molar-refractivity contribution >= 4 is 11.8 Å². The number of allylic oxidation sites excluding steroid dienone is 1. The third-order valence-corrected chi connectivity index (χ3v) is 3.86. The number of rotatable bonds is 2. The predicted molar refractivity (Wildman–Crippen MR) is 64.7 cm³/mol. The summed E-state index contributed by atoms with van der Waals surface area (Å²) in [5.41, 5.74) is 1.25. The van der Waals surface area contributed by atoms with Crippen molar-refractivity contribution in [1.29, 1.82) is 0 Å². The molecule has 2 heterocycles. The molecule has 0 radical (unpaired) electrons. The zero-order valence-corrected chi connectivity index (χ0v) is 10.3. The van der Waals surface area contributed by atoms with Crippen LogP contribution in [0.4, 0.5) is 0 Å². The van der Waals surface area contributed by atoms with E-state index in [9.17, 15) is 9.59 Å². The molecule has 1 aliphatic carbocycles. The van der Waals surface area contributed by atoms with Gasteiger partial charge in [-0.05, 0) is 12.8 Å². The molecule has 2 unspecified atom stereocenters. The summed E-state index contributed by atoms with van der Waals surface area (Å²) in [6, 6.07) is -0.186. The molecule has 3 rings (SSSR count). The van der Waals surface area contributed by atoms with Crippen LogP contribution >= 0.6 is 0 Å². The number of nitrogens with one attached hydrogen (secondary N) is 1. The summed E-state index contributed by atoms with van der Waals surface area (Å²) in [5, 5.41) is 3.17. The summed E-state index contributed by atoms with van der Waals surface area (Å²) in [7, 11) is 1.61. The first-order valence-corrected chi connectivity index (χ1v) is 6.25. The molecule has 5 heteroatoms. The summed E-state index contributed by atoms with van der Waals surface area (Å²) < 4.78 is 5.34. The Morgan fingerprint density at radius 1 is 1.33 bits per heavy atom. The number of imide groups is 1. The number of carbonyl (C=O) groups is 2. The van der Waals surface area contributed by atoms with E-state index in [1.165, 1.54) is 4.90 Å². The zero-order chi connectivity index (χ0) is 12.7. The first-order valence-electron chi connectivity index (χ1n) is 6.25. The van der Waals surface area contributed by atoms with Gasteiger partial charge in [0, 0.05) is 31.3 Å². The van der Waals surface area contributed by atoms with Gasteiger partial charge in [0.2, 0.25) is 0 Å². The van der Waals surface area contributed by atoms with Gasteiger partial charge in [-0.2, -0.15) is 0 Å². The predicted octanol–water partition coefficient (Wildman–Crippen LogP) is -0.0114. The van der Waals surface area contributed by atoms with Gasteiger partial charge in [-0.1, -0.05) is 12.2 Å². The normalized spacial score (nSPS) is 31.5. The highest BCUT2D eigenvalue weighted by Crippen LogP contribution is 2.31. The first-order chi connectivity index (χ1) is 8.74. The lowest BCUT2D eigenvalue weighted by Crippen LogP contribution is -2.48. The molecule has 2 aliphatic heterocycles. The van der Waals surface area contributed by atoms with E-state index in [0.29, 0.717) is 30.7 Å². The average Bonchev–Trinajstić information content (AvgIpc) is 2.95. The van der Waals surface area contributed by atoms with Crippen molar-refractivity contribution in [3.63, 3.8) is 0 Å². The smallest absolute Gasteiger partial charge is 0.261 e. The van der Waals surface area contributed by atoms with Gasteiger partial charge < -0.3 is 10.1 Å². The Kier molecular flexibility index (Phi) is 2.80. The fourth-order valence-electron chi connectivity index (χ4n) is 2.89. The Balaban J connectivity index is 1.90. The van der Waals surface area contributed by atoms with Crippen molar-refractivity contribution in [2.75, 3.05) is 20.2 Å². The van der Waals surface area contributed by atoms with E-state index in [1.54, 1.807) is 13.2 Å². The summed E-state index contributed by atoms with van der Waals surface area (Å²) in [4.78, 5) is 26.0. The highest BCUT2D eigenvalue weighted by Gasteiger charge is 2.45. The summed E-state index contributed by atoms with van der Waals surface area (Å²) >= 11 is 0. The minimum atomic E-state index is -0.186. The number of amides is 2. The fourth-order valence-corrected chi connectivity index (χ4v) is 2.89. The van der Waals surface area contributed by atoms with Gasteiger partial charge in [-0.3, -0.25) is 14.5 Å². The van der Waals surface area contributed by atoms with Crippen molar-refractivity contribution in [3.8, 4) is 0 Å². The van der Waals surface area contributed by atoms with Gasteiger partial charge in [0.15, 0.2) is 0 Å². The lowest BCUT2D eigenvalue weighted by Gasteiger charge is -2.26. The first kappa shape index (κ1) is 11.6. The summed E-state index contributed by atoms with van der Waals surface area (Å²) in [5.74, 6) is -0.295. The molecule has 0 bridgehead atoms. The Morgan fingerprint density at radius 2 is 2.17 bits per heavy atom. The second-order valence-electron chi connectivity index (χ2n) is 4.81. The minimum Gasteiger partial charge on any atom is -0.378 e. The second-order valence-corrected chi connectivity index (χ2v) is 4.81. The van der Waals surface area contributed by atoms with E-state index in [-0.39, 0.29) is 24.0 Å². The third-order valence-electron chi connectivity index (χ3n) is 3.86. The summed E-state index contributed by atoms with van der Waals surface area (Å²) in [6.45, 7) is 1.29. The molecule has 0 saturated carbocycles. The molecule has 1 saturated heterocycles. The van der Waals surface area contributed by atoms with E-state index in [2.05, 4.69) is 5.32 Å². The van der Waals surface area contributed by atoms with E-state index < -0.39 is 0 Å². The summed E-state index contributed by atoms with van der Waals surface area (Å²) in [6.07, 6.45) is 5.13. The fraction of sp³-hybridized carbons (Fsp3) is 0.538. The molecule has 1 fully saturated rings. The second kappa shape index (κ2) is 4.33. The van der Waals surface area contributed by atoms with Crippen LogP contribution in [0.25, 0.3) is 0 Å². The van der Waals surface area contributed by atoms with Crippen molar-refractivity contribution in [2.24, 2.45) is 0 Å². The molecular formula is C13H16N2O3. The maximum absolute atomic E-state index is 12.3. The van der Waals surface area contributed by atoms with E-state index in [1.807, 2.05) is 6.08 Å². The minimum absolute atomic E-state index is 0.108. The van der Waals surface area contributed by atoms with Crippen LogP contribution in [-0.2, 0) is 14.3 Å². The number of nitrogens with zero attached hydrogens (tertiary/aromatic N) is 1. The van der Waals surface area contributed by atoms with Crippen molar-refractivity contribution in [3.05, 3.63) is 23.3 Å². The van der Waals surface area contributed by atoms with Crippen LogP contribution in [0.3, 0.4) is 0 Å². The highest BCUT2D eigenvalue weighted by molar-refractivity contribution is 6.21. The number of methoxy groups -OCH3 is 1. The van der Waals surface area contributed by atoms with Crippen molar-refractivity contribution < 1.29 is 14.3 Å². The quantitative estimate of drug-likeness (QED) is 0.698. The van der Waals surface area contributed by atoms with Gasteiger partial charge in [0.25, 0.3) is 11.8 Å². The lowest BCUT2D eigenvalue weighted by molar-refractivity contribution is -0.142. The maximum atomic E-state index is 12.3. The number of hydrogen-bond acceptors (Lipinski definition) is 4. The molecule has 18 heavy (non-hydrogen) atoms. The Hall–Kier alpha value is -1.46. The average molecular weight is 248 g/mol. The van der Waals surface area contributed by atoms with Crippen LogP contribution < -0.4 is 5.32 Å². The molecule has 3 aliphatic rings. The van der Waals surface area contributed by atoms with Crippen molar-refractivity contribution in [1.82, 2.24) is 10.2 Å². The SMILES string of the molecule is COC1CNCC1N1C(=O)C2=C(CCC=C2)C1=O. The molecule has 0 spiro atoms. The van der Waals surface area contributed by atoms with Crippen molar-refractivity contribution in [2.45, 2.75) is 25.0 Å². The van der Waals surface area contributed by atoms with Gasteiger partial charge in [-0.25, -0.2) is 0 Å². The number of hydrogen-bond donors (Lipinski definition) is 1. The van der Waals surface area contributed by atoms with Gasteiger partial charge in [-0.15, -0.1) is 0 Å². The molecule has 0 aromatic heterocycles. The van der Waals surface area contributed by atoms with Crippen LogP contribution in [-0.4, -0.2) is 49.1 Å². The standard InChI is InChI=1S/C13H16N2O3/c1-18-11-7-14-6-10(11)15-12(16)8-4-2-3-5-9(8)13(15)17/h2,4,10-11,14H,3,5-7H2,1H3. The van der Waals surface area contributed by atoms with E-state index in [0.717, 1.165) is 6.42 Å². The number of carbonyl (C=O) groups excluding carboxylic acids is 2. The van der Waals surface area contributed by atoms with Gasteiger partial charge in [0.1, 0.15) is 0 Å². The monoisotopic (exact) mass is 248 g/mol. The van der Waals surface area contributed by atoms with E-state index in [4.69, 9.17) is 4.74 Å². The van der Waals surface area contributed by atoms with Crippen LogP contribution in [0.2, 0.25) is 0 Å². The molecular weight excluding hydrogens is 232 g/mol. The number of ether oxygens (including phenoxy) is 1. The van der Waals surface area contributed by atoms with Crippen LogP contribution in [0.5, 0.6) is 0 Å². The van der Waals surface area contributed by atoms with E-state index >= 15 is 0 Å². The Bertz CT molecular complexity index is 467. The highest BCUT2D eigenvalue weighted by atomic mass is 16.5. The molecule has 96 valence electrons. The largest absolute Gasteiger partial charge is 0.378 e. The van der Waals surface area contributed by atoms with Gasteiger partial charge >= 0.3 is 0 Å².